The first-order chi connectivity index (χ1) is 6.73. The van der Waals surface area contributed by atoms with Crippen LogP contribution in [-0.4, -0.2) is 12.9 Å². The van der Waals surface area contributed by atoms with Crippen LogP contribution in [0.1, 0.15) is 32.1 Å². The van der Waals surface area contributed by atoms with Gasteiger partial charge in [0.15, 0.2) is 7.38 Å². The molecule has 0 N–H and O–H groups in total. The van der Waals surface area contributed by atoms with Crippen molar-refractivity contribution >= 4 is 30.1 Å². The summed E-state index contributed by atoms with van der Waals surface area (Å²) in [6.45, 7) is 3.68. The minimum atomic E-state index is -1.86. The third-order valence-corrected chi connectivity index (χ3v) is 9.53. The van der Waals surface area contributed by atoms with Gasteiger partial charge in [-0.15, -0.1) is 11.6 Å². The van der Waals surface area contributed by atoms with E-state index in [4.69, 9.17) is 22.7 Å². The number of halogens is 2. The summed E-state index contributed by atoms with van der Waals surface area (Å²) in [7, 11) is -1.86. The molecular formula is C11H18Cl2Si. The molecule has 3 heteroatoms. The minimum absolute atomic E-state index is 0.629. The lowest BCUT2D eigenvalue weighted by atomic mass is 10.0. The maximum absolute atomic E-state index is 6.65. The summed E-state index contributed by atoms with van der Waals surface area (Å²) in [6, 6.07) is 0. The Balaban J connectivity index is 2.65. The molecule has 1 atom stereocenters. The van der Waals surface area contributed by atoms with Crippen LogP contribution in [0.2, 0.25) is 5.54 Å². The molecule has 1 fully saturated rings. The number of alkyl halides is 1. The van der Waals surface area contributed by atoms with Crippen LogP contribution in [0.25, 0.3) is 0 Å². The Bertz CT molecular complexity index is 209. The van der Waals surface area contributed by atoms with E-state index in [-0.39, 0.29) is 0 Å². The van der Waals surface area contributed by atoms with E-state index in [1.807, 2.05) is 6.08 Å². The zero-order valence-electron chi connectivity index (χ0n) is 8.52. The molecule has 0 spiro atoms. The molecule has 0 heterocycles. The van der Waals surface area contributed by atoms with Gasteiger partial charge in [0.1, 0.15) is 0 Å². The van der Waals surface area contributed by atoms with Crippen molar-refractivity contribution < 1.29 is 0 Å². The van der Waals surface area contributed by atoms with E-state index in [9.17, 15) is 0 Å². The number of hydrogen-bond donors (Lipinski definition) is 0. The summed E-state index contributed by atoms with van der Waals surface area (Å²) < 4.78 is 0. The molecule has 80 valence electrons. The predicted molar refractivity (Wildman–Crippen MR) is 68.5 cm³/mol. The van der Waals surface area contributed by atoms with Gasteiger partial charge < -0.3 is 0 Å². The van der Waals surface area contributed by atoms with Gasteiger partial charge in [-0.05, 0) is 5.54 Å². The smallest absolute Gasteiger partial charge is 0.160 e. The molecule has 0 amide bonds. The van der Waals surface area contributed by atoms with Gasteiger partial charge in [0, 0.05) is 5.50 Å². The maximum Gasteiger partial charge on any atom is 0.197 e. The largest absolute Gasteiger partial charge is 0.197 e. The normalized spacial score (nSPS) is 23.6. The van der Waals surface area contributed by atoms with Crippen LogP contribution in [0.15, 0.2) is 24.4 Å². The summed E-state index contributed by atoms with van der Waals surface area (Å²) in [6.07, 6.45) is 10.3. The highest BCUT2D eigenvalue weighted by Crippen LogP contribution is 2.40. The van der Waals surface area contributed by atoms with Crippen molar-refractivity contribution in [3.05, 3.63) is 24.4 Å². The monoisotopic (exact) mass is 248 g/mol. The molecule has 0 aliphatic heterocycles. The average Bonchev–Trinajstić information content (AvgIpc) is 2.27. The average molecular weight is 249 g/mol. The van der Waals surface area contributed by atoms with Crippen LogP contribution in [0, 0.1) is 0 Å². The summed E-state index contributed by atoms with van der Waals surface area (Å²) in [5, 5.41) is 0. The lowest BCUT2D eigenvalue weighted by Gasteiger charge is -2.32. The molecule has 0 aromatic carbocycles. The van der Waals surface area contributed by atoms with Gasteiger partial charge in [0.05, 0.1) is 0 Å². The van der Waals surface area contributed by atoms with E-state index in [2.05, 4.69) is 12.3 Å². The summed E-state index contributed by atoms with van der Waals surface area (Å²) >= 11 is 12.7. The van der Waals surface area contributed by atoms with Crippen LogP contribution < -0.4 is 0 Å². The molecule has 1 unspecified atom stereocenters. The van der Waals surface area contributed by atoms with E-state index in [0.717, 1.165) is 0 Å². The van der Waals surface area contributed by atoms with Crippen molar-refractivity contribution in [2.24, 2.45) is 0 Å². The van der Waals surface area contributed by atoms with E-state index >= 15 is 0 Å². The Kier molecular flexibility index (Phi) is 5.28. The van der Waals surface area contributed by atoms with Crippen molar-refractivity contribution in [2.75, 3.05) is 5.50 Å². The van der Waals surface area contributed by atoms with Gasteiger partial charge >= 0.3 is 0 Å². The van der Waals surface area contributed by atoms with E-state index in [0.29, 0.717) is 11.0 Å². The molecule has 0 nitrogen and oxygen atoms in total. The summed E-state index contributed by atoms with van der Waals surface area (Å²) in [4.78, 5) is 0. The third-order valence-electron chi connectivity index (χ3n) is 3.00. The molecule has 0 saturated heterocycles. The highest BCUT2D eigenvalue weighted by Gasteiger charge is 2.37. The van der Waals surface area contributed by atoms with Crippen molar-refractivity contribution in [2.45, 2.75) is 37.6 Å². The number of rotatable bonds is 4. The lowest BCUT2D eigenvalue weighted by molar-refractivity contribution is 0.496. The zero-order valence-corrected chi connectivity index (χ0v) is 11.0. The fraction of sp³-hybridized carbons (Fsp3) is 0.636. The third kappa shape index (κ3) is 3.15. The van der Waals surface area contributed by atoms with Gasteiger partial charge in [0.2, 0.25) is 0 Å². The Morgan fingerprint density at radius 1 is 1.29 bits per heavy atom. The van der Waals surface area contributed by atoms with E-state index < -0.39 is 7.38 Å². The Morgan fingerprint density at radius 3 is 2.43 bits per heavy atom. The number of hydrogen-bond acceptors (Lipinski definition) is 0. The minimum Gasteiger partial charge on any atom is -0.160 e. The van der Waals surface area contributed by atoms with Gasteiger partial charge in [-0.25, -0.2) is 0 Å². The van der Waals surface area contributed by atoms with Gasteiger partial charge in [-0.3, -0.25) is 0 Å². The van der Waals surface area contributed by atoms with Crippen molar-refractivity contribution in [1.29, 1.82) is 0 Å². The van der Waals surface area contributed by atoms with Crippen molar-refractivity contribution in [3.63, 3.8) is 0 Å². The Hall–Kier alpha value is 0.277. The molecule has 0 radical (unpaired) electrons. The first-order valence-electron chi connectivity index (χ1n) is 5.28. The molecule has 1 aliphatic carbocycles. The highest BCUT2D eigenvalue weighted by molar-refractivity contribution is 7.26. The SMILES string of the molecule is C=C/C=C/[Si](Cl)(CCl)C1CCCCC1. The lowest BCUT2D eigenvalue weighted by Crippen LogP contribution is -2.35. The first kappa shape index (κ1) is 12.3. The molecule has 0 aromatic rings. The topological polar surface area (TPSA) is 0 Å². The quantitative estimate of drug-likeness (QED) is 0.296. The Labute approximate surface area is 97.7 Å². The van der Waals surface area contributed by atoms with Gasteiger partial charge in [-0.1, -0.05) is 56.5 Å². The molecule has 1 aliphatic rings. The first-order valence-corrected chi connectivity index (χ1v) is 9.19. The predicted octanol–water partition coefficient (Wildman–Crippen LogP) is 4.56. The molecule has 0 aromatic heterocycles. The fourth-order valence-corrected chi connectivity index (χ4v) is 6.30. The second kappa shape index (κ2) is 5.99. The number of allylic oxidation sites excluding steroid dienone is 2. The second-order valence-corrected chi connectivity index (χ2v) is 10.2. The molecular weight excluding hydrogens is 231 g/mol. The molecule has 14 heavy (non-hydrogen) atoms. The fourth-order valence-electron chi connectivity index (χ4n) is 2.10. The van der Waals surface area contributed by atoms with Crippen molar-refractivity contribution in [3.8, 4) is 0 Å². The highest BCUT2D eigenvalue weighted by atomic mass is 35.6. The van der Waals surface area contributed by atoms with E-state index in [1.54, 1.807) is 6.08 Å². The van der Waals surface area contributed by atoms with Gasteiger partial charge in [0.25, 0.3) is 0 Å². The zero-order chi connectivity index (χ0) is 10.4. The molecule has 0 bridgehead atoms. The molecule has 1 saturated carbocycles. The van der Waals surface area contributed by atoms with Crippen LogP contribution in [0.5, 0.6) is 0 Å². The van der Waals surface area contributed by atoms with Crippen LogP contribution >= 0.6 is 22.7 Å². The van der Waals surface area contributed by atoms with Gasteiger partial charge in [-0.2, -0.15) is 11.1 Å². The standard InChI is InChI=1S/C11H18Cl2Si/c1-2-3-9-14(13,10-12)11-7-5-4-6-8-11/h2-3,9,11H,1,4-8,10H2/b9-3+. The summed E-state index contributed by atoms with van der Waals surface area (Å²) in [5.41, 5.74) is 3.44. The van der Waals surface area contributed by atoms with E-state index in [1.165, 1.54) is 32.1 Å². The van der Waals surface area contributed by atoms with Crippen LogP contribution in [0.4, 0.5) is 0 Å². The molecule has 1 rings (SSSR count). The van der Waals surface area contributed by atoms with Crippen molar-refractivity contribution in [1.82, 2.24) is 0 Å². The van der Waals surface area contributed by atoms with Crippen LogP contribution in [-0.2, 0) is 0 Å². The Morgan fingerprint density at radius 2 is 1.93 bits per heavy atom. The maximum atomic E-state index is 6.65. The second-order valence-electron chi connectivity index (χ2n) is 3.99. The summed E-state index contributed by atoms with van der Waals surface area (Å²) in [5.74, 6) is 0. The van der Waals surface area contributed by atoms with Crippen LogP contribution in [0.3, 0.4) is 0 Å².